The van der Waals surface area contributed by atoms with Crippen molar-refractivity contribution in [1.29, 1.82) is 0 Å². The number of nitrogens with one attached hydrogen (secondary N) is 1. The van der Waals surface area contributed by atoms with Gasteiger partial charge < -0.3 is 25.1 Å². The topological polar surface area (TPSA) is 89.0 Å². The van der Waals surface area contributed by atoms with Gasteiger partial charge in [0.1, 0.15) is 0 Å². The van der Waals surface area contributed by atoms with Crippen LogP contribution in [-0.2, 0) is 30.5 Å². The normalized spacial score (nSPS) is 23.8. The third-order valence-corrected chi connectivity index (χ3v) is 9.20. The zero-order chi connectivity index (χ0) is 30.4. The van der Waals surface area contributed by atoms with E-state index < -0.39 is 28.8 Å². The Morgan fingerprint density at radius 2 is 1.90 bits per heavy atom. The molecule has 2 fully saturated rings. The highest BCUT2D eigenvalue weighted by Gasteiger charge is 2.61. The molecule has 0 unspecified atom stereocenters. The minimum Gasteiger partial charge on any atom is -0.465 e. The number of thiocarbonyl (C=S) groups is 1. The number of rotatable bonds is 4. The van der Waals surface area contributed by atoms with E-state index >= 15 is 0 Å². The number of fused-ring (bicyclic) bond motifs is 2. The number of hydrogen-bond acceptors (Lipinski definition) is 4. The van der Waals surface area contributed by atoms with Crippen LogP contribution < -0.4 is 5.32 Å². The SMILES string of the molecule is CC(C)(C)N(C(=O)O)[C@@H]1C[C@H]2CN(C(=S)NCc3ccccc3)C[C@@]2(C(=O)N2CCc3ncc(C(F)(F)F)cc3C2)C1. The molecule has 1 aromatic carbocycles. The van der Waals surface area contributed by atoms with Crippen molar-refractivity contribution in [3.05, 3.63) is 65.0 Å². The maximum absolute atomic E-state index is 14.5. The Kier molecular flexibility index (Phi) is 7.88. The molecule has 1 aromatic heterocycles. The maximum Gasteiger partial charge on any atom is 0.417 e. The molecule has 0 radical (unpaired) electrons. The number of alkyl halides is 3. The van der Waals surface area contributed by atoms with E-state index in [1.165, 1.54) is 4.90 Å². The molecule has 1 saturated carbocycles. The van der Waals surface area contributed by atoms with Crippen molar-refractivity contribution < 1.29 is 27.9 Å². The van der Waals surface area contributed by atoms with Crippen LogP contribution in [0, 0.1) is 11.3 Å². The molecular formula is C30H36F3N5O3S. The first-order valence-corrected chi connectivity index (χ1v) is 14.5. The van der Waals surface area contributed by atoms with Gasteiger partial charge in [0.15, 0.2) is 5.11 Å². The fourth-order valence-corrected chi connectivity index (χ4v) is 7.18. The van der Waals surface area contributed by atoms with Gasteiger partial charge in [-0.2, -0.15) is 13.2 Å². The Morgan fingerprint density at radius 1 is 1.19 bits per heavy atom. The van der Waals surface area contributed by atoms with Crippen LogP contribution in [0.15, 0.2) is 42.6 Å². The van der Waals surface area contributed by atoms with E-state index in [1.54, 1.807) is 4.90 Å². The van der Waals surface area contributed by atoms with Gasteiger partial charge in [0.05, 0.1) is 11.0 Å². The molecule has 1 aliphatic carbocycles. The number of aromatic nitrogens is 1. The van der Waals surface area contributed by atoms with Gasteiger partial charge in [0, 0.05) is 62.6 Å². The second-order valence-corrected chi connectivity index (χ2v) is 13.0. The summed E-state index contributed by atoms with van der Waals surface area (Å²) >= 11 is 5.74. The number of carbonyl (C=O) groups is 2. The molecule has 5 rings (SSSR count). The summed E-state index contributed by atoms with van der Waals surface area (Å²) in [6.45, 7) is 7.21. The number of amides is 2. The van der Waals surface area contributed by atoms with Crippen molar-refractivity contribution >= 4 is 29.3 Å². The molecule has 3 aliphatic rings. The number of carboxylic acid groups (broad SMARTS) is 1. The summed E-state index contributed by atoms with van der Waals surface area (Å²) in [5.41, 5.74) is -0.412. The molecule has 2 N–H and O–H groups in total. The van der Waals surface area contributed by atoms with Crippen LogP contribution in [0.25, 0.3) is 0 Å². The van der Waals surface area contributed by atoms with Crippen molar-refractivity contribution in [3.63, 3.8) is 0 Å². The number of pyridine rings is 1. The molecule has 2 aromatic rings. The van der Waals surface area contributed by atoms with E-state index in [2.05, 4.69) is 10.3 Å². The van der Waals surface area contributed by atoms with Crippen molar-refractivity contribution in [2.75, 3.05) is 19.6 Å². The molecule has 12 heteroatoms. The number of nitrogens with zero attached hydrogens (tertiary/aromatic N) is 4. The van der Waals surface area contributed by atoms with Crippen LogP contribution >= 0.6 is 12.2 Å². The Hall–Kier alpha value is -3.41. The van der Waals surface area contributed by atoms with Gasteiger partial charge in [0.25, 0.3) is 0 Å². The smallest absolute Gasteiger partial charge is 0.417 e. The van der Waals surface area contributed by atoms with Crippen LogP contribution in [-0.4, -0.2) is 73.1 Å². The van der Waals surface area contributed by atoms with E-state index in [-0.39, 0.29) is 24.4 Å². The van der Waals surface area contributed by atoms with E-state index in [0.717, 1.165) is 17.8 Å². The second kappa shape index (κ2) is 11.0. The van der Waals surface area contributed by atoms with E-state index in [0.29, 0.717) is 61.8 Å². The quantitative estimate of drug-likeness (QED) is 0.480. The number of hydrogen-bond donors (Lipinski definition) is 2. The Labute approximate surface area is 248 Å². The molecule has 3 atom stereocenters. The molecule has 2 amide bonds. The van der Waals surface area contributed by atoms with Crippen molar-refractivity contribution in [2.45, 2.75) is 70.9 Å². The highest BCUT2D eigenvalue weighted by atomic mass is 32.1. The molecule has 42 heavy (non-hydrogen) atoms. The standard InChI is InChI=1S/C30H36F3N5O3S/c1-28(2,3)38(27(40)41)23-12-22-17-37(26(42)35-14-19-7-5-4-6-8-19)18-29(22,13-23)25(39)36-10-9-24-20(16-36)11-21(15-34-24)30(31,32)33/h4-8,11,15,22-23H,9-10,12-14,16-18H2,1-3H3,(H,35,42)(H,40,41)/t22-,23+,29-/m0/s1. The van der Waals surface area contributed by atoms with Gasteiger partial charge in [0.2, 0.25) is 5.91 Å². The van der Waals surface area contributed by atoms with E-state index in [1.807, 2.05) is 56.0 Å². The Morgan fingerprint density at radius 3 is 2.55 bits per heavy atom. The molecule has 2 aliphatic heterocycles. The van der Waals surface area contributed by atoms with Gasteiger partial charge in [-0.3, -0.25) is 9.78 Å². The molecule has 1 saturated heterocycles. The van der Waals surface area contributed by atoms with Crippen LogP contribution in [0.5, 0.6) is 0 Å². The van der Waals surface area contributed by atoms with Crippen molar-refractivity contribution in [1.82, 2.24) is 25.0 Å². The number of carbonyl (C=O) groups excluding carboxylic acids is 1. The van der Waals surface area contributed by atoms with Crippen molar-refractivity contribution in [2.24, 2.45) is 11.3 Å². The first-order chi connectivity index (χ1) is 19.7. The summed E-state index contributed by atoms with van der Waals surface area (Å²) < 4.78 is 40.2. The van der Waals surface area contributed by atoms with Gasteiger partial charge in [-0.25, -0.2) is 4.79 Å². The monoisotopic (exact) mass is 603 g/mol. The van der Waals surface area contributed by atoms with E-state index in [9.17, 15) is 27.9 Å². The molecule has 8 nitrogen and oxygen atoms in total. The number of benzene rings is 1. The van der Waals surface area contributed by atoms with Crippen LogP contribution in [0.4, 0.5) is 18.0 Å². The molecule has 0 spiro atoms. The Balaban J connectivity index is 1.41. The van der Waals surface area contributed by atoms with Crippen LogP contribution in [0.3, 0.4) is 0 Å². The van der Waals surface area contributed by atoms with Gasteiger partial charge in [-0.1, -0.05) is 30.3 Å². The highest BCUT2D eigenvalue weighted by Crippen LogP contribution is 2.52. The maximum atomic E-state index is 14.5. The lowest BCUT2D eigenvalue weighted by molar-refractivity contribution is -0.144. The highest BCUT2D eigenvalue weighted by molar-refractivity contribution is 7.80. The molecule has 0 bridgehead atoms. The van der Waals surface area contributed by atoms with Gasteiger partial charge >= 0.3 is 12.3 Å². The fourth-order valence-electron chi connectivity index (χ4n) is 6.97. The lowest BCUT2D eigenvalue weighted by Gasteiger charge is -2.40. The zero-order valence-corrected chi connectivity index (χ0v) is 24.8. The predicted octanol–water partition coefficient (Wildman–Crippen LogP) is 4.92. The second-order valence-electron chi connectivity index (χ2n) is 12.6. The van der Waals surface area contributed by atoms with E-state index in [4.69, 9.17) is 12.2 Å². The molecule has 226 valence electrons. The van der Waals surface area contributed by atoms with Crippen LogP contribution in [0.1, 0.15) is 56.0 Å². The zero-order valence-electron chi connectivity index (χ0n) is 23.9. The first kappa shape index (κ1) is 30.1. The average Bonchev–Trinajstić information content (AvgIpc) is 3.45. The van der Waals surface area contributed by atoms with Gasteiger partial charge in [-0.15, -0.1) is 0 Å². The third-order valence-electron chi connectivity index (χ3n) is 8.80. The van der Waals surface area contributed by atoms with Crippen LogP contribution in [0.2, 0.25) is 0 Å². The molecular weight excluding hydrogens is 567 g/mol. The summed E-state index contributed by atoms with van der Waals surface area (Å²) in [5.74, 6) is -0.331. The van der Waals surface area contributed by atoms with Crippen molar-refractivity contribution in [3.8, 4) is 0 Å². The molecule has 3 heterocycles. The minimum atomic E-state index is -4.53. The summed E-state index contributed by atoms with van der Waals surface area (Å²) in [5, 5.41) is 13.9. The summed E-state index contributed by atoms with van der Waals surface area (Å²) in [6, 6.07) is 10.5. The number of halogens is 3. The lowest BCUT2D eigenvalue weighted by atomic mass is 9.78. The van der Waals surface area contributed by atoms with Gasteiger partial charge in [-0.05, 0) is 68.9 Å². The Bertz CT molecular complexity index is 1370. The minimum absolute atomic E-state index is 0.0306. The first-order valence-electron chi connectivity index (χ1n) is 14.1. The third kappa shape index (κ3) is 5.77. The predicted molar refractivity (Wildman–Crippen MR) is 154 cm³/mol. The average molecular weight is 604 g/mol. The summed E-state index contributed by atoms with van der Waals surface area (Å²) in [4.78, 5) is 35.9. The summed E-state index contributed by atoms with van der Waals surface area (Å²) in [6.07, 6.45) is -3.55. The fraction of sp³-hybridized carbons (Fsp3) is 0.533. The largest absolute Gasteiger partial charge is 0.465 e. The summed E-state index contributed by atoms with van der Waals surface area (Å²) in [7, 11) is 0. The number of likely N-dealkylation sites (tertiary alicyclic amines) is 1. The lowest BCUT2D eigenvalue weighted by Crippen LogP contribution is -2.53.